The van der Waals surface area contributed by atoms with Crippen LogP contribution in [0, 0.1) is 27.7 Å². The Morgan fingerprint density at radius 2 is 1.91 bits per heavy atom. The average molecular weight is 482 g/mol. The minimum atomic E-state index is -0.596. The number of aromatic nitrogens is 3. The molecular formula is C26H35N5O4. The first kappa shape index (κ1) is 25.1. The zero-order chi connectivity index (χ0) is 24.9. The van der Waals surface area contributed by atoms with Gasteiger partial charge in [-0.05, 0) is 65.3 Å². The van der Waals surface area contributed by atoms with E-state index in [1.54, 1.807) is 7.05 Å². The summed E-state index contributed by atoms with van der Waals surface area (Å²) in [6.45, 7) is 10.0. The van der Waals surface area contributed by atoms with Crippen molar-refractivity contribution >= 4 is 5.82 Å². The molecule has 0 aliphatic carbocycles. The molecule has 1 unspecified atom stereocenters. The van der Waals surface area contributed by atoms with E-state index in [2.05, 4.69) is 15.8 Å². The molecule has 9 heteroatoms. The van der Waals surface area contributed by atoms with Gasteiger partial charge in [0.05, 0.1) is 17.0 Å². The van der Waals surface area contributed by atoms with E-state index < -0.39 is 6.10 Å². The Kier molecular flexibility index (Phi) is 8.00. The molecule has 9 nitrogen and oxygen atoms in total. The lowest BCUT2D eigenvalue weighted by molar-refractivity contribution is 0.0904. The fourth-order valence-corrected chi connectivity index (χ4v) is 4.30. The summed E-state index contributed by atoms with van der Waals surface area (Å²) in [6, 6.07) is 6.10. The van der Waals surface area contributed by atoms with Crippen molar-refractivity contribution in [1.29, 1.82) is 0 Å². The maximum Gasteiger partial charge on any atom is 0.162 e. The number of aryl methyl sites for hydroxylation is 3. The molecule has 0 radical (unpaired) electrons. The molecule has 0 spiro atoms. The summed E-state index contributed by atoms with van der Waals surface area (Å²) in [5.41, 5.74) is 5.33. The number of nitrogens with zero attached hydrogens (tertiary/aromatic N) is 3. The first-order valence-electron chi connectivity index (χ1n) is 12.1. The molecule has 35 heavy (non-hydrogen) atoms. The molecule has 1 saturated heterocycles. The molecule has 0 saturated carbocycles. The second-order valence-corrected chi connectivity index (χ2v) is 9.10. The number of aliphatic hydroxyl groups is 1. The van der Waals surface area contributed by atoms with Crippen LogP contribution in [0.1, 0.15) is 35.4 Å². The lowest BCUT2D eigenvalue weighted by atomic mass is 10.0. The van der Waals surface area contributed by atoms with Crippen molar-refractivity contribution in [3.63, 3.8) is 0 Å². The lowest BCUT2D eigenvalue weighted by Gasteiger charge is -2.25. The highest BCUT2D eigenvalue weighted by Gasteiger charge is 2.23. The lowest BCUT2D eigenvalue weighted by Crippen LogP contribution is -2.29. The quantitative estimate of drug-likeness (QED) is 0.422. The fourth-order valence-electron chi connectivity index (χ4n) is 4.30. The van der Waals surface area contributed by atoms with E-state index in [9.17, 15) is 5.11 Å². The Hall–Kier alpha value is -3.01. The van der Waals surface area contributed by atoms with Crippen molar-refractivity contribution in [1.82, 2.24) is 20.4 Å². The number of aliphatic hydroxyl groups excluding tert-OH is 1. The highest BCUT2D eigenvalue weighted by atomic mass is 16.5. The van der Waals surface area contributed by atoms with Gasteiger partial charge in [-0.2, -0.15) is 0 Å². The van der Waals surface area contributed by atoms with E-state index in [0.717, 1.165) is 71.3 Å². The van der Waals surface area contributed by atoms with E-state index in [4.69, 9.17) is 24.0 Å². The van der Waals surface area contributed by atoms with Crippen LogP contribution in [-0.4, -0.2) is 65.8 Å². The van der Waals surface area contributed by atoms with Gasteiger partial charge < -0.3 is 29.7 Å². The normalized spacial score (nSPS) is 15.3. The molecule has 3 N–H and O–H groups in total. The Labute approximate surface area is 206 Å². The number of anilines is 1. The SMILES string of the molecule is CNCC(O)COc1ccc(C)c(-c2nc(NC3CCOCC3)c(C)c(-c3c(C)noc3C)n2)c1. The van der Waals surface area contributed by atoms with Crippen LogP contribution in [0.25, 0.3) is 22.6 Å². The number of hydrogen-bond acceptors (Lipinski definition) is 9. The fraction of sp³-hybridized carbons (Fsp3) is 0.500. The third-order valence-corrected chi connectivity index (χ3v) is 6.31. The second-order valence-electron chi connectivity index (χ2n) is 9.10. The minimum absolute atomic E-state index is 0.193. The summed E-state index contributed by atoms with van der Waals surface area (Å²) < 4.78 is 16.8. The zero-order valence-corrected chi connectivity index (χ0v) is 21.1. The molecule has 188 valence electrons. The van der Waals surface area contributed by atoms with Gasteiger partial charge >= 0.3 is 0 Å². The molecule has 4 rings (SSSR count). The molecule has 2 aromatic heterocycles. The average Bonchev–Trinajstić information content (AvgIpc) is 3.18. The van der Waals surface area contributed by atoms with E-state index in [1.165, 1.54) is 0 Å². The van der Waals surface area contributed by atoms with Crippen molar-refractivity contribution < 1.29 is 19.1 Å². The second kappa shape index (κ2) is 11.2. The van der Waals surface area contributed by atoms with Crippen molar-refractivity contribution in [2.75, 3.05) is 38.7 Å². The van der Waals surface area contributed by atoms with Crippen LogP contribution in [0.2, 0.25) is 0 Å². The molecule has 3 aromatic rings. The van der Waals surface area contributed by atoms with Gasteiger partial charge in [0.1, 0.15) is 30.0 Å². The summed E-state index contributed by atoms with van der Waals surface area (Å²) in [5.74, 6) is 2.77. The standard InChI is InChI=1S/C26H35N5O4/c1-15-6-7-21(34-14-20(32)13-27-5)12-22(15)26-29-24(23-17(3)31-35-18(23)4)16(2)25(30-26)28-19-8-10-33-11-9-19/h6-7,12,19-20,27,32H,8-11,13-14H2,1-5H3,(H,28,29,30). The van der Waals surface area contributed by atoms with Crippen molar-refractivity contribution in [2.45, 2.75) is 52.7 Å². The van der Waals surface area contributed by atoms with Gasteiger partial charge in [0.25, 0.3) is 0 Å². The molecule has 1 fully saturated rings. The van der Waals surface area contributed by atoms with Gasteiger partial charge in [0, 0.05) is 36.9 Å². The van der Waals surface area contributed by atoms with E-state index in [1.807, 2.05) is 45.9 Å². The van der Waals surface area contributed by atoms with Gasteiger partial charge in [-0.25, -0.2) is 9.97 Å². The van der Waals surface area contributed by atoms with Crippen LogP contribution in [0.5, 0.6) is 5.75 Å². The van der Waals surface area contributed by atoms with Gasteiger partial charge in [0.15, 0.2) is 5.82 Å². The molecule has 1 aliphatic heterocycles. The third-order valence-electron chi connectivity index (χ3n) is 6.31. The Bertz CT molecular complexity index is 1140. The minimum Gasteiger partial charge on any atom is -0.491 e. The Morgan fingerprint density at radius 1 is 1.14 bits per heavy atom. The maximum absolute atomic E-state index is 10.0. The number of ether oxygens (including phenoxy) is 2. The number of likely N-dealkylation sites (N-methyl/N-ethyl adjacent to an activating group) is 1. The largest absolute Gasteiger partial charge is 0.491 e. The summed E-state index contributed by atoms with van der Waals surface area (Å²) in [4.78, 5) is 9.96. The molecule has 0 amide bonds. The van der Waals surface area contributed by atoms with Gasteiger partial charge in [-0.15, -0.1) is 0 Å². The first-order valence-corrected chi connectivity index (χ1v) is 12.1. The number of rotatable bonds is 9. The van der Waals surface area contributed by atoms with E-state index in [0.29, 0.717) is 18.1 Å². The maximum atomic E-state index is 10.0. The highest BCUT2D eigenvalue weighted by Crippen LogP contribution is 2.35. The number of nitrogens with one attached hydrogen (secondary N) is 2. The summed E-state index contributed by atoms with van der Waals surface area (Å²) in [6.07, 6.45) is 1.26. The summed E-state index contributed by atoms with van der Waals surface area (Å²) in [5, 5.41) is 20.8. The van der Waals surface area contributed by atoms with Crippen LogP contribution in [-0.2, 0) is 4.74 Å². The number of hydrogen-bond donors (Lipinski definition) is 3. The van der Waals surface area contributed by atoms with Gasteiger partial charge in [-0.1, -0.05) is 11.2 Å². The monoisotopic (exact) mass is 481 g/mol. The van der Waals surface area contributed by atoms with Crippen molar-refractivity contribution in [3.8, 4) is 28.4 Å². The van der Waals surface area contributed by atoms with Crippen LogP contribution in [0.15, 0.2) is 22.7 Å². The van der Waals surface area contributed by atoms with Crippen LogP contribution >= 0.6 is 0 Å². The topological polar surface area (TPSA) is 115 Å². The predicted molar refractivity (Wildman–Crippen MR) is 135 cm³/mol. The van der Waals surface area contributed by atoms with Gasteiger partial charge in [0.2, 0.25) is 0 Å². The summed E-state index contributed by atoms with van der Waals surface area (Å²) in [7, 11) is 1.80. The Balaban J connectivity index is 1.76. The van der Waals surface area contributed by atoms with Crippen molar-refractivity contribution in [3.05, 3.63) is 40.8 Å². The van der Waals surface area contributed by atoms with Crippen LogP contribution < -0.4 is 15.4 Å². The molecule has 1 aromatic carbocycles. The van der Waals surface area contributed by atoms with Crippen LogP contribution in [0.4, 0.5) is 5.82 Å². The number of benzene rings is 1. The van der Waals surface area contributed by atoms with Crippen molar-refractivity contribution in [2.24, 2.45) is 0 Å². The van der Waals surface area contributed by atoms with E-state index >= 15 is 0 Å². The summed E-state index contributed by atoms with van der Waals surface area (Å²) >= 11 is 0. The van der Waals surface area contributed by atoms with Gasteiger partial charge in [-0.3, -0.25) is 0 Å². The van der Waals surface area contributed by atoms with E-state index in [-0.39, 0.29) is 12.6 Å². The zero-order valence-electron chi connectivity index (χ0n) is 21.1. The highest BCUT2D eigenvalue weighted by molar-refractivity contribution is 5.75. The molecule has 1 atom stereocenters. The molecule has 3 heterocycles. The smallest absolute Gasteiger partial charge is 0.162 e. The van der Waals surface area contributed by atoms with Crippen LogP contribution in [0.3, 0.4) is 0 Å². The molecule has 0 bridgehead atoms. The predicted octanol–water partition coefficient (Wildman–Crippen LogP) is 3.58. The Morgan fingerprint density at radius 3 is 2.60 bits per heavy atom. The first-order chi connectivity index (χ1) is 16.9. The third kappa shape index (κ3) is 5.80. The molecule has 1 aliphatic rings. The molecular weight excluding hydrogens is 446 g/mol.